The van der Waals surface area contributed by atoms with Gasteiger partial charge in [0.1, 0.15) is 5.60 Å². The Balaban J connectivity index is 2.11. The van der Waals surface area contributed by atoms with Crippen molar-refractivity contribution in [2.75, 3.05) is 13.1 Å². The smallest absolute Gasteiger partial charge is 0.130 e. The topological polar surface area (TPSA) is 23.5 Å². The molecule has 0 aliphatic carbocycles. The molecule has 2 heteroatoms. The fraction of sp³-hybridized carbons (Fsp3) is 0.368. The third-order valence-electron chi connectivity index (χ3n) is 4.68. The van der Waals surface area contributed by atoms with E-state index in [9.17, 15) is 5.11 Å². The zero-order valence-corrected chi connectivity index (χ0v) is 12.6. The van der Waals surface area contributed by atoms with Gasteiger partial charge < -0.3 is 5.11 Å². The first-order valence-electron chi connectivity index (χ1n) is 7.84. The lowest BCUT2D eigenvalue weighted by atomic mass is 9.79. The predicted octanol–water partition coefficient (Wildman–Crippen LogP) is 3.41. The average Bonchev–Trinajstić information content (AvgIpc) is 3.05. The molecule has 3 rings (SSSR count). The maximum absolute atomic E-state index is 11.7. The Labute approximate surface area is 127 Å². The lowest BCUT2D eigenvalue weighted by molar-refractivity contribution is -0.00207. The lowest BCUT2D eigenvalue weighted by Crippen LogP contribution is -2.48. The summed E-state index contributed by atoms with van der Waals surface area (Å²) in [6, 6.07) is 20.3. The van der Waals surface area contributed by atoms with Crippen LogP contribution in [0.25, 0.3) is 0 Å². The van der Waals surface area contributed by atoms with Crippen LogP contribution < -0.4 is 0 Å². The second kappa shape index (κ2) is 6.00. The third-order valence-corrected chi connectivity index (χ3v) is 4.68. The standard InChI is InChI=1S/C19H23NO/c1-2-20-15-9-14-18(20)19(21,16-10-5-3-6-11-16)17-12-7-4-8-13-17/h3-8,10-13,18,21H,2,9,14-15H2,1H3/t18-/m0/s1. The van der Waals surface area contributed by atoms with Crippen molar-refractivity contribution >= 4 is 0 Å². The highest BCUT2D eigenvalue weighted by atomic mass is 16.3. The van der Waals surface area contributed by atoms with Gasteiger partial charge in [0.15, 0.2) is 0 Å². The second-order valence-corrected chi connectivity index (χ2v) is 5.79. The van der Waals surface area contributed by atoms with Gasteiger partial charge in [-0.25, -0.2) is 0 Å². The molecule has 1 N–H and O–H groups in total. The first-order chi connectivity index (χ1) is 10.3. The highest BCUT2D eigenvalue weighted by Gasteiger charge is 2.44. The SMILES string of the molecule is CCN1CCC[C@H]1C(O)(c1ccccc1)c1ccccc1. The van der Waals surface area contributed by atoms with Crippen molar-refractivity contribution in [3.63, 3.8) is 0 Å². The first-order valence-corrected chi connectivity index (χ1v) is 7.84. The van der Waals surface area contributed by atoms with Crippen LogP contribution in [0.4, 0.5) is 0 Å². The number of rotatable bonds is 4. The summed E-state index contributed by atoms with van der Waals surface area (Å²) in [5.41, 5.74) is 1.04. The molecule has 21 heavy (non-hydrogen) atoms. The number of nitrogens with zero attached hydrogens (tertiary/aromatic N) is 1. The summed E-state index contributed by atoms with van der Waals surface area (Å²) in [4.78, 5) is 2.40. The van der Waals surface area contributed by atoms with E-state index < -0.39 is 5.60 Å². The second-order valence-electron chi connectivity index (χ2n) is 5.79. The average molecular weight is 281 g/mol. The molecule has 0 aromatic heterocycles. The van der Waals surface area contributed by atoms with Crippen LogP contribution in [0.2, 0.25) is 0 Å². The fourth-order valence-electron chi connectivity index (χ4n) is 3.61. The van der Waals surface area contributed by atoms with E-state index in [0.29, 0.717) is 0 Å². The van der Waals surface area contributed by atoms with Crippen molar-refractivity contribution in [1.82, 2.24) is 4.90 Å². The van der Waals surface area contributed by atoms with Crippen molar-refractivity contribution in [3.8, 4) is 0 Å². The summed E-state index contributed by atoms with van der Waals surface area (Å²) < 4.78 is 0. The highest BCUT2D eigenvalue weighted by molar-refractivity contribution is 5.38. The molecule has 1 heterocycles. The molecule has 2 aromatic rings. The van der Waals surface area contributed by atoms with Gasteiger partial charge in [-0.3, -0.25) is 4.90 Å². The van der Waals surface area contributed by atoms with Crippen LogP contribution in [0.1, 0.15) is 30.9 Å². The quantitative estimate of drug-likeness (QED) is 0.928. The predicted molar refractivity (Wildman–Crippen MR) is 86.2 cm³/mol. The highest BCUT2D eigenvalue weighted by Crippen LogP contribution is 2.39. The zero-order valence-electron chi connectivity index (χ0n) is 12.6. The van der Waals surface area contributed by atoms with Crippen LogP contribution >= 0.6 is 0 Å². The van der Waals surface area contributed by atoms with Gasteiger partial charge in [-0.1, -0.05) is 67.6 Å². The Morgan fingerprint density at radius 3 is 2.00 bits per heavy atom. The van der Waals surface area contributed by atoms with E-state index in [1.54, 1.807) is 0 Å². The summed E-state index contributed by atoms with van der Waals surface area (Å²) >= 11 is 0. The monoisotopic (exact) mass is 281 g/mol. The molecular weight excluding hydrogens is 258 g/mol. The molecule has 2 nitrogen and oxygen atoms in total. The molecule has 1 saturated heterocycles. The van der Waals surface area contributed by atoms with Gasteiger partial charge in [0, 0.05) is 6.04 Å². The number of hydrogen-bond donors (Lipinski definition) is 1. The molecule has 1 atom stereocenters. The van der Waals surface area contributed by atoms with E-state index >= 15 is 0 Å². The fourth-order valence-corrected chi connectivity index (χ4v) is 3.61. The van der Waals surface area contributed by atoms with E-state index in [4.69, 9.17) is 0 Å². The summed E-state index contributed by atoms with van der Waals surface area (Å²) in [6.45, 7) is 4.23. The van der Waals surface area contributed by atoms with Gasteiger partial charge >= 0.3 is 0 Å². The maximum atomic E-state index is 11.7. The number of aliphatic hydroxyl groups is 1. The normalized spacial score (nSPS) is 19.8. The molecule has 2 aromatic carbocycles. The summed E-state index contributed by atoms with van der Waals surface area (Å²) in [6.07, 6.45) is 2.19. The van der Waals surface area contributed by atoms with Crippen LogP contribution in [-0.2, 0) is 5.60 Å². The molecule has 0 spiro atoms. The minimum atomic E-state index is -0.935. The van der Waals surface area contributed by atoms with Gasteiger partial charge in [0.05, 0.1) is 0 Å². The molecule has 110 valence electrons. The van der Waals surface area contributed by atoms with Gasteiger partial charge in [-0.15, -0.1) is 0 Å². The van der Waals surface area contributed by atoms with Crippen molar-refractivity contribution in [3.05, 3.63) is 71.8 Å². The van der Waals surface area contributed by atoms with Crippen molar-refractivity contribution < 1.29 is 5.11 Å². The summed E-state index contributed by atoms with van der Waals surface area (Å²) in [7, 11) is 0. The number of likely N-dealkylation sites (tertiary alicyclic amines) is 1. The minimum Gasteiger partial charge on any atom is -0.379 e. The molecule has 0 unspecified atom stereocenters. The maximum Gasteiger partial charge on any atom is 0.130 e. The molecule has 1 fully saturated rings. The molecule has 0 bridgehead atoms. The number of hydrogen-bond acceptors (Lipinski definition) is 2. The Morgan fingerprint density at radius 2 is 1.52 bits per heavy atom. The molecular formula is C19H23NO. The Hall–Kier alpha value is -1.64. The Bertz CT molecular complexity index is 527. The van der Waals surface area contributed by atoms with E-state index in [2.05, 4.69) is 11.8 Å². The van der Waals surface area contributed by atoms with Crippen molar-refractivity contribution in [1.29, 1.82) is 0 Å². The van der Waals surface area contributed by atoms with Crippen LogP contribution in [0.5, 0.6) is 0 Å². The molecule has 1 aliphatic rings. The van der Waals surface area contributed by atoms with Crippen LogP contribution in [0, 0.1) is 0 Å². The van der Waals surface area contributed by atoms with E-state index in [1.165, 1.54) is 0 Å². The number of benzene rings is 2. The van der Waals surface area contributed by atoms with E-state index in [-0.39, 0.29) is 6.04 Å². The third kappa shape index (κ3) is 2.50. The van der Waals surface area contributed by atoms with Crippen molar-refractivity contribution in [2.24, 2.45) is 0 Å². The summed E-state index contributed by atoms with van der Waals surface area (Å²) in [5, 5.41) is 11.7. The molecule has 1 aliphatic heterocycles. The van der Waals surface area contributed by atoms with Crippen LogP contribution in [0.3, 0.4) is 0 Å². The summed E-state index contributed by atoms with van der Waals surface area (Å²) in [5.74, 6) is 0. The minimum absolute atomic E-state index is 0.146. The van der Waals surface area contributed by atoms with E-state index in [1.807, 2.05) is 60.7 Å². The molecule has 0 amide bonds. The van der Waals surface area contributed by atoms with E-state index in [0.717, 1.165) is 37.1 Å². The largest absolute Gasteiger partial charge is 0.379 e. The van der Waals surface area contributed by atoms with Gasteiger partial charge in [0.25, 0.3) is 0 Å². The van der Waals surface area contributed by atoms with Gasteiger partial charge in [-0.2, -0.15) is 0 Å². The van der Waals surface area contributed by atoms with Crippen LogP contribution in [0.15, 0.2) is 60.7 Å². The molecule has 0 saturated carbocycles. The van der Waals surface area contributed by atoms with Gasteiger partial charge in [0.2, 0.25) is 0 Å². The number of likely N-dealkylation sites (N-methyl/N-ethyl adjacent to an activating group) is 1. The van der Waals surface area contributed by atoms with Crippen LogP contribution in [-0.4, -0.2) is 29.1 Å². The Kier molecular flexibility index (Phi) is 4.09. The zero-order chi connectivity index (χ0) is 14.7. The van der Waals surface area contributed by atoms with Crippen molar-refractivity contribution in [2.45, 2.75) is 31.4 Å². The Morgan fingerprint density at radius 1 is 1.00 bits per heavy atom. The lowest BCUT2D eigenvalue weighted by Gasteiger charge is -2.39. The molecule has 0 radical (unpaired) electrons. The van der Waals surface area contributed by atoms with Gasteiger partial charge in [-0.05, 0) is 37.1 Å². The first kappa shape index (κ1) is 14.3.